The van der Waals surface area contributed by atoms with Crippen LogP contribution in [0.1, 0.15) is 20.3 Å². The molecule has 0 aliphatic carbocycles. The smallest absolute Gasteiger partial charge is 0.150 e. The van der Waals surface area contributed by atoms with E-state index in [1.807, 2.05) is 13.2 Å². The molecule has 1 aliphatic heterocycles. The lowest BCUT2D eigenvalue weighted by Crippen LogP contribution is -2.29. The highest BCUT2D eigenvalue weighted by Gasteiger charge is 2.21. The van der Waals surface area contributed by atoms with Crippen LogP contribution in [0.4, 0.5) is 11.5 Å². The normalized spacial score (nSPS) is 19.6. The summed E-state index contributed by atoms with van der Waals surface area (Å²) in [4.78, 5) is 2.36. The average molecular weight is 249 g/mol. The van der Waals surface area contributed by atoms with Crippen molar-refractivity contribution in [3.05, 3.63) is 12.3 Å². The van der Waals surface area contributed by atoms with Crippen LogP contribution in [0, 0.1) is 5.92 Å². The van der Waals surface area contributed by atoms with Crippen molar-refractivity contribution in [1.82, 2.24) is 15.5 Å². The van der Waals surface area contributed by atoms with Gasteiger partial charge in [-0.2, -0.15) is 5.10 Å². The number of likely N-dealkylation sites (N-methyl/N-ethyl adjacent to an activating group) is 1. The van der Waals surface area contributed by atoms with Crippen LogP contribution in [0.2, 0.25) is 0 Å². The fourth-order valence-electron chi connectivity index (χ4n) is 2.15. The molecule has 0 amide bonds. The van der Waals surface area contributed by atoms with Crippen molar-refractivity contribution in [2.45, 2.75) is 26.3 Å². The molecule has 0 aromatic carbocycles. The third kappa shape index (κ3) is 3.32. The van der Waals surface area contributed by atoms with Crippen LogP contribution in [0.5, 0.6) is 0 Å². The summed E-state index contributed by atoms with van der Waals surface area (Å²) >= 11 is 0. The SMILES string of the molecule is CN[C@H]1CCN(c2cnnc(NCC(C)C)c2)C1. The maximum atomic E-state index is 4.12. The van der Waals surface area contributed by atoms with Gasteiger partial charge in [0.05, 0.1) is 11.9 Å². The lowest BCUT2D eigenvalue weighted by atomic mass is 10.2. The molecule has 2 heterocycles. The first-order chi connectivity index (χ1) is 8.69. The highest BCUT2D eigenvalue weighted by atomic mass is 15.2. The van der Waals surface area contributed by atoms with Gasteiger partial charge in [0.25, 0.3) is 0 Å². The van der Waals surface area contributed by atoms with Crippen molar-refractivity contribution in [3.8, 4) is 0 Å². The van der Waals surface area contributed by atoms with Gasteiger partial charge < -0.3 is 15.5 Å². The molecule has 100 valence electrons. The molecule has 1 aromatic rings. The van der Waals surface area contributed by atoms with Crippen LogP contribution in [0.25, 0.3) is 0 Å². The molecule has 2 N–H and O–H groups in total. The summed E-state index contributed by atoms with van der Waals surface area (Å²) in [5.74, 6) is 1.48. The Morgan fingerprint density at radius 2 is 2.33 bits per heavy atom. The Bertz CT molecular complexity index is 379. The van der Waals surface area contributed by atoms with Crippen molar-refractivity contribution in [1.29, 1.82) is 0 Å². The Hall–Kier alpha value is -1.36. The van der Waals surface area contributed by atoms with E-state index in [2.05, 4.69) is 45.6 Å². The second-order valence-electron chi connectivity index (χ2n) is 5.29. The summed E-state index contributed by atoms with van der Waals surface area (Å²) in [7, 11) is 2.02. The summed E-state index contributed by atoms with van der Waals surface area (Å²) in [5, 5.41) is 14.8. The van der Waals surface area contributed by atoms with Gasteiger partial charge in [0.1, 0.15) is 0 Å². The molecule has 1 aliphatic rings. The molecule has 0 spiro atoms. The summed E-state index contributed by atoms with van der Waals surface area (Å²) in [6, 6.07) is 2.68. The Morgan fingerprint density at radius 1 is 1.50 bits per heavy atom. The zero-order chi connectivity index (χ0) is 13.0. The fraction of sp³-hybridized carbons (Fsp3) is 0.692. The van der Waals surface area contributed by atoms with Gasteiger partial charge in [-0.05, 0) is 19.4 Å². The number of anilines is 2. The minimum absolute atomic E-state index is 0.588. The van der Waals surface area contributed by atoms with Crippen LogP contribution in [0.15, 0.2) is 12.3 Å². The van der Waals surface area contributed by atoms with E-state index in [9.17, 15) is 0 Å². The molecule has 0 radical (unpaired) electrons. The number of aromatic nitrogens is 2. The minimum Gasteiger partial charge on any atom is -0.369 e. The molecule has 1 saturated heterocycles. The third-order valence-electron chi connectivity index (χ3n) is 3.29. The monoisotopic (exact) mass is 249 g/mol. The predicted octanol–water partition coefficient (Wildman–Crippen LogP) is 1.34. The van der Waals surface area contributed by atoms with E-state index in [0.29, 0.717) is 12.0 Å². The molecule has 0 saturated carbocycles. The largest absolute Gasteiger partial charge is 0.369 e. The van der Waals surface area contributed by atoms with Gasteiger partial charge >= 0.3 is 0 Å². The number of rotatable bonds is 5. The maximum Gasteiger partial charge on any atom is 0.150 e. The van der Waals surface area contributed by atoms with E-state index < -0.39 is 0 Å². The van der Waals surface area contributed by atoms with Crippen LogP contribution >= 0.6 is 0 Å². The molecule has 2 rings (SSSR count). The molecule has 5 heteroatoms. The van der Waals surface area contributed by atoms with Crippen molar-refractivity contribution >= 4 is 11.5 Å². The Labute approximate surface area is 109 Å². The van der Waals surface area contributed by atoms with Gasteiger partial charge in [0.2, 0.25) is 0 Å². The summed E-state index contributed by atoms with van der Waals surface area (Å²) in [6.45, 7) is 7.43. The van der Waals surface area contributed by atoms with Crippen molar-refractivity contribution in [2.24, 2.45) is 5.92 Å². The molecule has 1 aromatic heterocycles. The zero-order valence-electron chi connectivity index (χ0n) is 11.5. The summed E-state index contributed by atoms with van der Waals surface area (Å²) < 4.78 is 0. The highest BCUT2D eigenvalue weighted by Crippen LogP contribution is 2.21. The van der Waals surface area contributed by atoms with Crippen LogP contribution in [-0.2, 0) is 0 Å². The van der Waals surface area contributed by atoms with E-state index in [0.717, 1.165) is 31.1 Å². The van der Waals surface area contributed by atoms with E-state index in [4.69, 9.17) is 0 Å². The fourth-order valence-corrected chi connectivity index (χ4v) is 2.15. The van der Waals surface area contributed by atoms with E-state index in [1.165, 1.54) is 6.42 Å². The lowest BCUT2D eigenvalue weighted by Gasteiger charge is -2.18. The first-order valence-electron chi connectivity index (χ1n) is 6.68. The Morgan fingerprint density at radius 3 is 3.00 bits per heavy atom. The average Bonchev–Trinajstić information content (AvgIpc) is 2.85. The second-order valence-corrected chi connectivity index (χ2v) is 5.29. The molecule has 5 nitrogen and oxygen atoms in total. The number of nitrogens with one attached hydrogen (secondary N) is 2. The topological polar surface area (TPSA) is 53.1 Å². The molecule has 0 unspecified atom stereocenters. The molecule has 18 heavy (non-hydrogen) atoms. The quantitative estimate of drug-likeness (QED) is 0.825. The van der Waals surface area contributed by atoms with Crippen LogP contribution in [-0.4, -0.2) is 42.9 Å². The zero-order valence-corrected chi connectivity index (χ0v) is 11.5. The maximum absolute atomic E-state index is 4.12. The summed E-state index contributed by atoms with van der Waals surface area (Å²) in [6.07, 6.45) is 3.03. The first-order valence-corrected chi connectivity index (χ1v) is 6.68. The van der Waals surface area contributed by atoms with Gasteiger partial charge in [-0.1, -0.05) is 13.8 Å². The molecule has 0 bridgehead atoms. The molecular weight excluding hydrogens is 226 g/mol. The third-order valence-corrected chi connectivity index (χ3v) is 3.29. The number of hydrogen-bond donors (Lipinski definition) is 2. The first kappa shape index (κ1) is 13.1. The Kier molecular flexibility index (Phi) is 4.36. The van der Waals surface area contributed by atoms with Crippen molar-refractivity contribution in [2.75, 3.05) is 36.9 Å². The van der Waals surface area contributed by atoms with Crippen molar-refractivity contribution < 1.29 is 0 Å². The molecular formula is C13H23N5. The highest BCUT2D eigenvalue weighted by molar-refractivity contribution is 5.52. The van der Waals surface area contributed by atoms with Crippen LogP contribution in [0.3, 0.4) is 0 Å². The van der Waals surface area contributed by atoms with E-state index in [-0.39, 0.29) is 0 Å². The van der Waals surface area contributed by atoms with E-state index in [1.54, 1.807) is 0 Å². The lowest BCUT2D eigenvalue weighted by molar-refractivity contribution is 0.617. The van der Waals surface area contributed by atoms with Gasteiger partial charge in [-0.15, -0.1) is 5.10 Å². The molecule has 1 fully saturated rings. The van der Waals surface area contributed by atoms with Gasteiger partial charge in [0, 0.05) is 31.7 Å². The standard InChI is InChI=1S/C13H23N5/c1-10(2)7-15-13-6-12(8-16-17-13)18-5-4-11(9-18)14-3/h6,8,10-11,14H,4-5,7,9H2,1-3H3,(H,15,17)/t11-/m0/s1. The Balaban J connectivity index is 1.99. The number of hydrogen-bond acceptors (Lipinski definition) is 5. The van der Waals surface area contributed by atoms with Gasteiger partial charge in [-0.3, -0.25) is 0 Å². The van der Waals surface area contributed by atoms with Gasteiger partial charge in [0.15, 0.2) is 5.82 Å². The van der Waals surface area contributed by atoms with E-state index >= 15 is 0 Å². The second kappa shape index (κ2) is 6.00. The van der Waals surface area contributed by atoms with Gasteiger partial charge in [-0.25, -0.2) is 0 Å². The minimum atomic E-state index is 0.588. The van der Waals surface area contributed by atoms with Crippen molar-refractivity contribution in [3.63, 3.8) is 0 Å². The summed E-state index contributed by atoms with van der Waals surface area (Å²) in [5.41, 5.74) is 1.16. The number of nitrogens with zero attached hydrogens (tertiary/aromatic N) is 3. The predicted molar refractivity (Wildman–Crippen MR) is 75.0 cm³/mol. The molecule has 1 atom stereocenters. The van der Waals surface area contributed by atoms with Crippen LogP contribution < -0.4 is 15.5 Å².